The second-order valence-corrected chi connectivity index (χ2v) is 5.85. The van der Waals surface area contributed by atoms with Gasteiger partial charge in [-0.2, -0.15) is 0 Å². The first-order chi connectivity index (χ1) is 12.0. The lowest BCUT2D eigenvalue weighted by atomic mass is 10.1. The second-order valence-electron chi connectivity index (χ2n) is 5.85. The van der Waals surface area contributed by atoms with Crippen LogP contribution in [-0.4, -0.2) is 55.3 Å². The highest BCUT2D eigenvalue weighted by molar-refractivity contribution is 5.97. The molecule has 1 aromatic carbocycles. The molecule has 1 aromatic heterocycles. The number of amides is 1. The van der Waals surface area contributed by atoms with E-state index in [1.807, 2.05) is 0 Å². The molecule has 6 nitrogen and oxygen atoms in total. The summed E-state index contributed by atoms with van der Waals surface area (Å²) in [6.07, 6.45) is 1.74. The van der Waals surface area contributed by atoms with Crippen LogP contribution in [0.2, 0.25) is 0 Å². The van der Waals surface area contributed by atoms with Gasteiger partial charge >= 0.3 is 0 Å². The number of fused-ring (bicyclic) bond motifs is 1. The average molecular weight is 352 g/mol. The second kappa shape index (κ2) is 7.28. The van der Waals surface area contributed by atoms with Crippen LogP contribution in [0.3, 0.4) is 0 Å². The molecular weight excluding hydrogens is 334 g/mol. The quantitative estimate of drug-likeness (QED) is 0.909. The first kappa shape index (κ1) is 17.5. The van der Waals surface area contributed by atoms with E-state index in [2.05, 4.69) is 4.98 Å². The summed E-state index contributed by atoms with van der Waals surface area (Å²) in [4.78, 5) is 29.5. The number of ether oxygens (including phenoxy) is 2. The van der Waals surface area contributed by atoms with E-state index >= 15 is 0 Å². The molecule has 0 aliphatic carbocycles. The Morgan fingerprint density at radius 3 is 3.00 bits per heavy atom. The van der Waals surface area contributed by atoms with E-state index in [0.29, 0.717) is 38.9 Å². The number of nitrogens with one attached hydrogen (secondary N) is 1. The SMILES string of the molecule is COCCC1COCCN1C(=O)c1c[nH]c2c(F)cc(F)cc2c1=O. The van der Waals surface area contributed by atoms with Gasteiger partial charge in [-0.3, -0.25) is 9.59 Å². The van der Waals surface area contributed by atoms with Crippen LogP contribution in [0.1, 0.15) is 16.8 Å². The Labute approximate surface area is 142 Å². The van der Waals surface area contributed by atoms with Crippen molar-refractivity contribution in [2.75, 3.05) is 33.5 Å². The Morgan fingerprint density at radius 2 is 2.24 bits per heavy atom. The number of carbonyl (C=O) groups excluding carboxylic acids is 1. The summed E-state index contributed by atoms with van der Waals surface area (Å²) in [7, 11) is 1.56. The van der Waals surface area contributed by atoms with Crippen LogP contribution in [-0.2, 0) is 9.47 Å². The number of methoxy groups -OCH3 is 1. The minimum absolute atomic E-state index is 0.124. The van der Waals surface area contributed by atoms with Gasteiger partial charge in [0, 0.05) is 32.5 Å². The highest BCUT2D eigenvalue weighted by Crippen LogP contribution is 2.18. The largest absolute Gasteiger partial charge is 0.385 e. The lowest BCUT2D eigenvalue weighted by Gasteiger charge is -2.35. The van der Waals surface area contributed by atoms with Crippen LogP contribution < -0.4 is 5.43 Å². The van der Waals surface area contributed by atoms with Gasteiger partial charge in [-0.15, -0.1) is 0 Å². The van der Waals surface area contributed by atoms with Gasteiger partial charge in [0.25, 0.3) is 5.91 Å². The van der Waals surface area contributed by atoms with Crippen LogP contribution >= 0.6 is 0 Å². The number of hydrogen-bond donors (Lipinski definition) is 1. The summed E-state index contributed by atoms with van der Waals surface area (Å²) in [6, 6.07) is 1.39. The molecule has 1 saturated heterocycles. The van der Waals surface area contributed by atoms with E-state index in [1.165, 1.54) is 6.20 Å². The Hall–Kier alpha value is -2.32. The number of benzene rings is 1. The van der Waals surface area contributed by atoms with Gasteiger partial charge in [0.1, 0.15) is 17.2 Å². The molecule has 0 bridgehead atoms. The maximum atomic E-state index is 13.8. The molecule has 1 N–H and O–H groups in total. The predicted octanol–water partition coefficient (Wildman–Crippen LogP) is 1.68. The Morgan fingerprint density at radius 1 is 1.44 bits per heavy atom. The molecule has 1 aliphatic heterocycles. The van der Waals surface area contributed by atoms with E-state index < -0.39 is 23.0 Å². The maximum absolute atomic E-state index is 13.8. The van der Waals surface area contributed by atoms with E-state index in [9.17, 15) is 18.4 Å². The van der Waals surface area contributed by atoms with E-state index in [0.717, 1.165) is 6.07 Å². The molecule has 0 saturated carbocycles. The summed E-state index contributed by atoms with van der Waals surface area (Å²) < 4.78 is 37.7. The van der Waals surface area contributed by atoms with E-state index in [1.54, 1.807) is 12.0 Å². The van der Waals surface area contributed by atoms with Crippen LogP contribution in [0, 0.1) is 11.6 Å². The first-order valence-corrected chi connectivity index (χ1v) is 7.91. The zero-order valence-corrected chi connectivity index (χ0v) is 13.7. The fourth-order valence-corrected chi connectivity index (χ4v) is 2.98. The third kappa shape index (κ3) is 3.40. The zero-order valence-electron chi connectivity index (χ0n) is 13.7. The van der Waals surface area contributed by atoms with Gasteiger partial charge in [0.2, 0.25) is 5.43 Å². The van der Waals surface area contributed by atoms with Gasteiger partial charge < -0.3 is 19.4 Å². The van der Waals surface area contributed by atoms with Crippen LogP contribution in [0.4, 0.5) is 8.78 Å². The van der Waals surface area contributed by atoms with Gasteiger partial charge in [-0.25, -0.2) is 8.78 Å². The fraction of sp³-hybridized carbons (Fsp3) is 0.412. The molecule has 2 heterocycles. The van der Waals surface area contributed by atoms with Gasteiger partial charge in [-0.05, 0) is 12.5 Å². The Balaban J connectivity index is 1.98. The number of carbonyl (C=O) groups is 1. The highest BCUT2D eigenvalue weighted by atomic mass is 19.1. The van der Waals surface area contributed by atoms with Crippen molar-refractivity contribution in [1.29, 1.82) is 0 Å². The highest BCUT2D eigenvalue weighted by Gasteiger charge is 2.29. The molecule has 1 amide bonds. The van der Waals surface area contributed by atoms with Crippen molar-refractivity contribution in [2.24, 2.45) is 0 Å². The topological polar surface area (TPSA) is 71.6 Å². The third-order valence-electron chi connectivity index (χ3n) is 4.28. The van der Waals surface area contributed by atoms with Crippen molar-refractivity contribution in [3.8, 4) is 0 Å². The number of halogens is 2. The minimum Gasteiger partial charge on any atom is -0.385 e. The normalized spacial score (nSPS) is 17.9. The number of aromatic nitrogens is 1. The molecule has 1 fully saturated rings. The van der Waals surface area contributed by atoms with Gasteiger partial charge in [-0.1, -0.05) is 0 Å². The van der Waals surface area contributed by atoms with Gasteiger partial charge in [0.15, 0.2) is 0 Å². The molecule has 0 radical (unpaired) electrons. The molecule has 1 unspecified atom stereocenters. The van der Waals surface area contributed by atoms with E-state index in [-0.39, 0.29) is 22.5 Å². The number of pyridine rings is 1. The lowest BCUT2D eigenvalue weighted by Crippen LogP contribution is -2.50. The predicted molar refractivity (Wildman–Crippen MR) is 86.6 cm³/mol. The summed E-state index contributed by atoms with van der Waals surface area (Å²) in [6.45, 7) is 1.50. The van der Waals surface area contributed by atoms with Crippen molar-refractivity contribution in [2.45, 2.75) is 12.5 Å². The zero-order chi connectivity index (χ0) is 18.0. The van der Waals surface area contributed by atoms with Crippen molar-refractivity contribution in [3.05, 3.63) is 45.8 Å². The number of H-pyrrole nitrogens is 1. The lowest BCUT2D eigenvalue weighted by molar-refractivity contribution is -0.0104. The first-order valence-electron chi connectivity index (χ1n) is 7.91. The summed E-state index contributed by atoms with van der Waals surface area (Å²) in [5.74, 6) is -2.24. The Kier molecular flexibility index (Phi) is 5.10. The number of hydrogen-bond acceptors (Lipinski definition) is 4. The van der Waals surface area contributed by atoms with Crippen molar-refractivity contribution in [3.63, 3.8) is 0 Å². The molecule has 1 aliphatic rings. The van der Waals surface area contributed by atoms with Crippen LogP contribution in [0.25, 0.3) is 10.9 Å². The molecule has 1 atom stereocenters. The van der Waals surface area contributed by atoms with Crippen LogP contribution in [0.5, 0.6) is 0 Å². The number of nitrogens with zero attached hydrogens (tertiary/aromatic N) is 1. The molecule has 0 spiro atoms. The molecule has 2 aromatic rings. The van der Waals surface area contributed by atoms with E-state index in [4.69, 9.17) is 9.47 Å². The average Bonchev–Trinajstić information content (AvgIpc) is 2.60. The number of aromatic amines is 1. The van der Waals surface area contributed by atoms with Gasteiger partial charge in [0.05, 0.1) is 30.2 Å². The smallest absolute Gasteiger partial charge is 0.259 e. The maximum Gasteiger partial charge on any atom is 0.259 e. The molecule has 134 valence electrons. The summed E-state index contributed by atoms with van der Waals surface area (Å²) in [5, 5.41) is -0.190. The number of morpholine rings is 1. The Bertz CT molecular complexity index is 852. The number of rotatable bonds is 4. The molecule has 25 heavy (non-hydrogen) atoms. The standard InChI is InChI=1S/C17H18F2N2O4/c1-24-4-2-11-9-25-5-3-21(11)17(23)13-8-20-15-12(16(13)22)6-10(18)7-14(15)19/h6-8,11H,2-5,9H2,1H3,(H,20,22). The van der Waals surface area contributed by atoms with Crippen LogP contribution in [0.15, 0.2) is 23.1 Å². The molecule has 8 heteroatoms. The fourth-order valence-electron chi connectivity index (χ4n) is 2.98. The minimum atomic E-state index is -0.879. The van der Waals surface area contributed by atoms with Crippen molar-refractivity contribution < 1.29 is 23.0 Å². The summed E-state index contributed by atoms with van der Waals surface area (Å²) >= 11 is 0. The molecule has 3 rings (SSSR count). The monoisotopic (exact) mass is 352 g/mol. The third-order valence-corrected chi connectivity index (χ3v) is 4.28. The summed E-state index contributed by atoms with van der Waals surface area (Å²) in [5.41, 5.74) is -0.975. The molecular formula is C17H18F2N2O4. The van der Waals surface area contributed by atoms with Crippen molar-refractivity contribution in [1.82, 2.24) is 9.88 Å². The van der Waals surface area contributed by atoms with Crippen molar-refractivity contribution >= 4 is 16.8 Å².